The van der Waals surface area contributed by atoms with Crippen LogP contribution >= 0.6 is 0 Å². The average Bonchev–Trinajstić information content (AvgIpc) is 3.03. The third-order valence-corrected chi connectivity index (χ3v) is 3.87. The first kappa shape index (κ1) is 11.2. The minimum Gasteiger partial charge on any atom is -0.379 e. The second-order valence-electron chi connectivity index (χ2n) is 5.41. The number of rotatable bonds is 4. The summed E-state index contributed by atoms with van der Waals surface area (Å²) < 4.78 is 5.36. The van der Waals surface area contributed by atoms with Gasteiger partial charge in [-0.2, -0.15) is 0 Å². The molecule has 1 saturated heterocycles. The molecule has 0 amide bonds. The average molecular weight is 232 g/mol. The Balaban J connectivity index is 1.50. The van der Waals surface area contributed by atoms with Crippen molar-refractivity contribution in [3.05, 3.63) is 35.9 Å². The van der Waals surface area contributed by atoms with E-state index < -0.39 is 0 Å². The molecule has 92 valence electrons. The van der Waals surface area contributed by atoms with E-state index >= 15 is 0 Å². The van der Waals surface area contributed by atoms with Crippen molar-refractivity contribution < 1.29 is 4.74 Å². The van der Waals surface area contributed by atoms with Crippen molar-refractivity contribution in [1.29, 1.82) is 0 Å². The molecule has 1 aliphatic carbocycles. The molecule has 2 aliphatic rings. The maximum Gasteiger partial charge on any atom is 0.0659 e. The Kier molecular flexibility index (Phi) is 2.90. The molecule has 1 aromatic rings. The van der Waals surface area contributed by atoms with E-state index in [-0.39, 0.29) is 5.54 Å². The van der Waals surface area contributed by atoms with Crippen LogP contribution in [0.1, 0.15) is 24.3 Å². The van der Waals surface area contributed by atoms with Gasteiger partial charge in [-0.1, -0.05) is 30.3 Å². The first-order chi connectivity index (χ1) is 8.27. The van der Waals surface area contributed by atoms with Crippen molar-refractivity contribution in [2.45, 2.75) is 30.3 Å². The summed E-state index contributed by atoms with van der Waals surface area (Å²) in [7, 11) is 0. The second kappa shape index (κ2) is 4.41. The van der Waals surface area contributed by atoms with Gasteiger partial charge in [0.05, 0.1) is 12.1 Å². The third kappa shape index (κ3) is 2.51. The number of nitrogens with two attached hydrogens (primary N) is 1. The van der Waals surface area contributed by atoms with Gasteiger partial charge in [0, 0.05) is 25.1 Å². The van der Waals surface area contributed by atoms with Crippen LogP contribution in [0.3, 0.4) is 0 Å². The molecule has 3 nitrogen and oxygen atoms in total. The standard InChI is InChI=1S/C14H20N2O/c15-14(6-7-17-10-14)9-16-13-8-12(13)11-4-2-1-3-5-11/h1-5,12-13,16H,6-10,15H2. The van der Waals surface area contributed by atoms with Crippen molar-refractivity contribution in [3.63, 3.8) is 0 Å². The predicted molar refractivity (Wildman–Crippen MR) is 67.9 cm³/mol. The molecule has 1 heterocycles. The highest BCUT2D eigenvalue weighted by atomic mass is 16.5. The monoisotopic (exact) mass is 232 g/mol. The number of ether oxygens (including phenoxy) is 1. The molecule has 0 aromatic heterocycles. The molecular weight excluding hydrogens is 212 g/mol. The zero-order chi connectivity index (χ0) is 11.7. The Bertz CT molecular complexity index is 373. The molecule has 1 aliphatic heterocycles. The number of benzene rings is 1. The van der Waals surface area contributed by atoms with E-state index in [2.05, 4.69) is 35.6 Å². The van der Waals surface area contributed by atoms with Crippen LogP contribution in [0.25, 0.3) is 0 Å². The summed E-state index contributed by atoms with van der Waals surface area (Å²) in [6, 6.07) is 11.3. The van der Waals surface area contributed by atoms with E-state index in [9.17, 15) is 0 Å². The van der Waals surface area contributed by atoms with E-state index in [1.54, 1.807) is 0 Å². The first-order valence-corrected chi connectivity index (χ1v) is 6.42. The minimum absolute atomic E-state index is 0.135. The zero-order valence-corrected chi connectivity index (χ0v) is 10.1. The Morgan fingerprint density at radius 3 is 2.88 bits per heavy atom. The van der Waals surface area contributed by atoms with Gasteiger partial charge < -0.3 is 15.8 Å². The first-order valence-electron chi connectivity index (χ1n) is 6.42. The van der Waals surface area contributed by atoms with E-state index in [1.165, 1.54) is 12.0 Å². The second-order valence-corrected chi connectivity index (χ2v) is 5.41. The van der Waals surface area contributed by atoms with Gasteiger partial charge in [0.25, 0.3) is 0 Å². The molecule has 3 rings (SSSR count). The maximum atomic E-state index is 6.23. The van der Waals surface area contributed by atoms with Crippen LogP contribution in [-0.2, 0) is 4.74 Å². The smallest absolute Gasteiger partial charge is 0.0659 e. The molecule has 3 atom stereocenters. The molecule has 3 unspecified atom stereocenters. The van der Waals surface area contributed by atoms with Gasteiger partial charge in [-0.05, 0) is 18.4 Å². The van der Waals surface area contributed by atoms with Crippen LogP contribution in [0, 0.1) is 0 Å². The van der Waals surface area contributed by atoms with Gasteiger partial charge in [-0.3, -0.25) is 0 Å². The summed E-state index contributed by atoms with van der Waals surface area (Å²) >= 11 is 0. The lowest BCUT2D eigenvalue weighted by Gasteiger charge is -2.22. The molecule has 3 heteroatoms. The lowest BCUT2D eigenvalue weighted by Crippen LogP contribution is -2.50. The van der Waals surface area contributed by atoms with Crippen LogP contribution < -0.4 is 11.1 Å². The molecule has 1 saturated carbocycles. The topological polar surface area (TPSA) is 47.3 Å². The van der Waals surface area contributed by atoms with E-state index in [1.807, 2.05) is 0 Å². The van der Waals surface area contributed by atoms with E-state index in [0.717, 1.165) is 19.6 Å². The van der Waals surface area contributed by atoms with Gasteiger partial charge >= 0.3 is 0 Å². The minimum atomic E-state index is -0.135. The Labute approximate surface area is 102 Å². The summed E-state index contributed by atoms with van der Waals surface area (Å²) in [4.78, 5) is 0. The Hall–Kier alpha value is -0.900. The fraction of sp³-hybridized carbons (Fsp3) is 0.571. The summed E-state index contributed by atoms with van der Waals surface area (Å²) in [5, 5.41) is 3.58. The van der Waals surface area contributed by atoms with Crippen LogP contribution in [0.4, 0.5) is 0 Å². The van der Waals surface area contributed by atoms with Gasteiger partial charge in [0.1, 0.15) is 0 Å². The largest absolute Gasteiger partial charge is 0.379 e. The highest BCUT2D eigenvalue weighted by Gasteiger charge is 2.40. The lowest BCUT2D eigenvalue weighted by atomic mass is 10.0. The fourth-order valence-corrected chi connectivity index (χ4v) is 2.59. The molecule has 1 aromatic carbocycles. The molecule has 3 N–H and O–H groups in total. The third-order valence-electron chi connectivity index (χ3n) is 3.87. The van der Waals surface area contributed by atoms with Crippen molar-refractivity contribution in [3.8, 4) is 0 Å². The predicted octanol–water partition coefficient (Wildman–Crippen LogP) is 1.25. The van der Waals surface area contributed by atoms with Gasteiger partial charge in [-0.15, -0.1) is 0 Å². The molecular formula is C14H20N2O. The highest BCUT2D eigenvalue weighted by Crippen LogP contribution is 2.40. The normalized spacial score (nSPS) is 36.1. The van der Waals surface area contributed by atoms with E-state index in [4.69, 9.17) is 10.5 Å². The summed E-state index contributed by atoms with van der Waals surface area (Å²) in [6.07, 6.45) is 2.21. The van der Waals surface area contributed by atoms with Gasteiger partial charge in [0.15, 0.2) is 0 Å². The Morgan fingerprint density at radius 1 is 1.35 bits per heavy atom. The van der Waals surface area contributed by atoms with Gasteiger partial charge in [-0.25, -0.2) is 0 Å². The molecule has 17 heavy (non-hydrogen) atoms. The summed E-state index contributed by atoms with van der Waals surface area (Å²) in [6.45, 7) is 2.38. The Morgan fingerprint density at radius 2 is 2.18 bits per heavy atom. The van der Waals surface area contributed by atoms with Crippen LogP contribution in [0.2, 0.25) is 0 Å². The lowest BCUT2D eigenvalue weighted by molar-refractivity contribution is 0.177. The van der Waals surface area contributed by atoms with Crippen molar-refractivity contribution >= 4 is 0 Å². The summed E-state index contributed by atoms with van der Waals surface area (Å²) in [5.74, 6) is 0.683. The molecule has 0 bridgehead atoms. The molecule has 2 fully saturated rings. The molecule has 0 spiro atoms. The van der Waals surface area contributed by atoms with Crippen LogP contribution in [0.5, 0.6) is 0 Å². The van der Waals surface area contributed by atoms with E-state index in [0.29, 0.717) is 18.6 Å². The van der Waals surface area contributed by atoms with Crippen LogP contribution in [-0.4, -0.2) is 31.3 Å². The quantitative estimate of drug-likeness (QED) is 0.821. The number of hydrogen-bond donors (Lipinski definition) is 2. The van der Waals surface area contributed by atoms with Crippen LogP contribution in [0.15, 0.2) is 30.3 Å². The summed E-state index contributed by atoms with van der Waals surface area (Å²) in [5.41, 5.74) is 7.54. The van der Waals surface area contributed by atoms with Crippen molar-refractivity contribution in [1.82, 2.24) is 5.32 Å². The SMILES string of the molecule is NC1(CNC2CC2c2ccccc2)CCOC1. The zero-order valence-electron chi connectivity index (χ0n) is 10.1. The molecule has 0 radical (unpaired) electrons. The van der Waals surface area contributed by atoms with Crippen molar-refractivity contribution in [2.24, 2.45) is 5.73 Å². The fourth-order valence-electron chi connectivity index (χ4n) is 2.59. The van der Waals surface area contributed by atoms with Crippen molar-refractivity contribution in [2.75, 3.05) is 19.8 Å². The van der Waals surface area contributed by atoms with Gasteiger partial charge in [0.2, 0.25) is 0 Å². The highest BCUT2D eigenvalue weighted by molar-refractivity contribution is 5.27. The number of hydrogen-bond acceptors (Lipinski definition) is 3. The number of nitrogens with one attached hydrogen (secondary N) is 1. The maximum absolute atomic E-state index is 6.23.